The highest BCUT2D eigenvalue weighted by Crippen LogP contribution is 2.48. The van der Waals surface area contributed by atoms with Gasteiger partial charge in [-0.1, -0.05) is 121 Å². The van der Waals surface area contributed by atoms with E-state index >= 15 is 0 Å². The first-order chi connectivity index (χ1) is 27.8. The Morgan fingerprint density at radius 3 is 1.71 bits per heavy atom. The molecule has 6 heterocycles. The van der Waals surface area contributed by atoms with Crippen molar-refractivity contribution in [2.24, 2.45) is 0 Å². The second-order valence-electron chi connectivity index (χ2n) is 14.9. The van der Waals surface area contributed by atoms with Gasteiger partial charge in [0.15, 0.2) is 5.82 Å². The second-order valence-corrected chi connectivity index (χ2v) is 14.9. The van der Waals surface area contributed by atoms with E-state index in [-0.39, 0.29) is 0 Å². The molecule has 0 unspecified atom stereocenters. The summed E-state index contributed by atoms with van der Waals surface area (Å²) in [6.07, 6.45) is 0. The standard InChI is InChI=1S/C50H27N5O/c1-2-14-29-28(13-1)25-26-41-43(29)36-27-35-32-17-5-10-22-39(32)55(46(35)44-33-18-6-11-23-40(33)53(41)47(36)44)50-51-48(45-34-19-7-12-24-42(34)56-49(45)52-50)54-37-20-8-3-15-30(37)31-16-4-9-21-38(31)54/h1-27H. The van der Waals surface area contributed by atoms with Crippen LogP contribution in [0.1, 0.15) is 0 Å². The van der Waals surface area contributed by atoms with Crippen molar-refractivity contribution in [1.29, 1.82) is 0 Å². The fraction of sp³-hybridized carbons (Fsp3) is 0. The summed E-state index contributed by atoms with van der Waals surface area (Å²) in [7, 11) is 0. The van der Waals surface area contributed by atoms with Crippen molar-refractivity contribution in [2.75, 3.05) is 0 Å². The summed E-state index contributed by atoms with van der Waals surface area (Å²) in [5.41, 5.74) is 9.23. The van der Waals surface area contributed by atoms with Gasteiger partial charge in [0.25, 0.3) is 0 Å². The smallest absolute Gasteiger partial charge is 0.240 e. The zero-order chi connectivity index (χ0) is 36.2. The number of hydrogen-bond donors (Lipinski definition) is 0. The minimum absolute atomic E-state index is 0.553. The maximum atomic E-state index is 6.67. The van der Waals surface area contributed by atoms with Crippen LogP contribution in [0.3, 0.4) is 0 Å². The van der Waals surface area contributed by atoms with Gasteiger partial charge in [0, 0.05) is 48.5 Å². The van der Waals surface area contributed by atoms with Crippen LogP contribution in [-0.2, 0) is 0 Å². The van der Waals surface area contributed by atoms with Crippen molar-refractivity contribution < 1.29 is 4.42 Å². The molecule has 0 saturated heterocycles. The maximum absolute atomic E-state index is 6.67. The Hall–Kier alpha value is -7.70. The summed E-state index contributed by atoms with van der Waals surface area (Å²) in [5.74, 6) is 1.35. The van der Waals surface area contributed by atoms with Gasteiger partial charge >= 0.3 is 0 Å². The van der Waals surface area contributed by atoms with E-state index in [1.165, 1.54) is 65.0 Å². The van der Waals surface area contributed by atoms with Gasteiger partial charge in [0.1, 0.15) is 5.58 Å². The molecule has 0 aliphatic rings. The number of hydrogen-bond acceptors (Lipinski definition) is 3. The number of para-hydroxylation sites is 5. The Kier molecular flexibility index (Phi) is 5.18. The van der Waals surface area contributed by atoms with Crippen LogP contribution in [0.15, 0.2) is 168 Å². The minimum atomic E-state index is 0.553. The number of nitrogens with zero attached hydrogens (tertiary/aromatic N) is 5. The monoisotopic (exact) mass is 713 g/mol. The molecule has 14 rings (SSSR count). The average Bonchev–Trinajstić information content (AvgIpc) is 4.05. The summed E-state index contributed by atoms with van der Waals surface area (Å²) in [5, 5.41) is 14.0. The van der Waals surface area contributed by atoms with E-state index in [1.807, 2.05) is 12.1 Å². The van der Waals surface area contributed by atoms with Gasteiger partial charge in [-0.05, 0) is 53.2 Å². The van der Waals surface area contributed by atoms with Gasteiger partial charge in [-0.2, -0.15) is 9.97 Å². The van der Waals surface area contributed by atoms with Crippen molar-refractivity contribution in [3.8, 4) is 11.8 Å². The molecule has 0 amide bonds. The number of rotatable bonds is 2. The van der Waals surface area contributed by atoms with E-state index < -0.39 is 0 Å². The summed E-state index contributed by atoms with van der Waals surface area (Å²) < 4.78 is 13.7. The van der Waals surface area contributed by atoms with E-state index in [0.717, 1.165) is 49.6 Å². The van der Waals surface area contributed by atoms with Crippen molar-refractivity contribution in [2.45, 2.75) is 0 Å². The molecular formula is C50H27N5O. The summed E-state index contributed by atoms with van der Waals surface area (Å²) in [6, 6.07) is 58.6. The van der Waals surface area contributed by atoms with E-state index in [9.17, 15) is 0 Å². The molecule has 6 nitrogen and oxygen atoms in total. The Morgan fingerprint density at radius 1 is 0.375 bits per heavy atom. The van der Waals surface area contributed by atoms with E-state index in [1.54, 1.807) is 0 Å². The van der Waals surface area contributed by atoms with Crippen molar-refractivity contribution in [3.05, 3.63) is 164 Å². The zero-order valence-corrected chi connectivity index (χ0v) is 29.7. The van der Waals surface area contributed by atoms with Crippen molar-refractivity contribution in [1.82, 2.24) is 23.5 Å². The predicted octanol–water partition coefficient (Wildman–Crippen LogP) is 12.9. The van der Waals surface area contributed by atoms with Crippen LogP contribution >= 0.6 is 0 Å². The molecule has 56 heavy (non-hydrogen) atoms. The van der Waals surface area contributed by atoms with Gasteiger partial charge in [-0.25, -0.2) is 0 Å². The third-order valence-corrected chi connectivity index (χ3v) is 12.2. The third-order valence-electron chi connectivity index (χ3n) is 12.2. The van der Waals surface area contributed by atoms with Crippen molar-refractivity contribution in [3.63, 3.8) is 0 Å². The second kappa shape index (κ2) is 10.1. The Morgan fingerprint density at radius 2 is 0.964 bits per heavy atom. The zero-order valence-electron chi connectivity index (χ0n) is 29.7. The van der Waals surface area contributed by atoms with E-state index in [2.05, 4.69) is 165 Å². The SMILES string of the molecule is c1ccc2c(c1)ccc1c2c2cc3c4ccccc4n(-c4nc(-n5c6ccccc6c6ccccc65)c5c(n4)oc4ccccc45)c3c3c4ccccc4n1c23. The quantitative estimate of drug-likeness (QED) is 0.179. The first kappa shape index (κ1) is 28.8. The highest BCUT2D eigenvalue weighted by Gasteiger charge is 2.28. The summed E-state index contributed by atoms with van der Waals surface area (Å²) in [4.78, 5) is 11.0. The first-order valence-corrected chi connectivity index (χ1v) is 19.0. The maximum Gasteiger partial charge on any atom is 0.240 e. The normalized spacial score (nSPS) is 12.6. The molecule has 0 saturated carbocycles. The van der Waals surface area contributed by atoms with Crippen molar-refractivity contribution >= 4 is 115 Å². The molecule has 0 bridgehead atoms. The molecule has 258 valence electrons. The molecule has 0 spiro atoms. The molecule has 0 radical (unpaired) electrons. The Labute approximate surface area is 317 Å². The van der Waals surface area contributed by atoms with Gasteiger partial charge in [0.05, 0.1) is 44.0 Å². The summed E-state index contributed by atoms with van der Waals surface area (Å²) in [6.45, 7) is 0. The summed E-state index contributed by atoms with van der Waals surface area (Å²) >= 11 is 0. The Balaban J connectivity index is 1.22. The fourth-order valence-corrected chi connectivity index (χ4v) is 9.99. The lowest BCUT2D eigenvalue weighted by molar-refractivity contribution is 0.650. The topological polar surface area (TPSA) is 53.2 Å². The molecule has 6 aromatic heterocycles. The van der Waals surface area contributed by atoms with Gasteiger partial charge in [-0.15, -0.1) is 0 Å². The minimum Gasteiger partial charge on any atom is -0.437 e. The lowest BCUT2D eigenvalue weighted by Crippen LogP contribution is -2.06. The van der Waals surface area contributed by atoms with Crippen LogP contribution < -0.4 is 0 Å². The van der Waals surface area contributed by atoms with Crippen LogP contribution in [0.5, 0.6) is 0 Å². The molecule has 0 fully saturated rings. The van der Waals surface area contributed by atoms with Crippen LogP contribution in [-0.4, -0.2) is 23.5 Å². The highest BCUT2D eigenvalue weighted by molar-refractivity contribution is 6.36. The van der Waals surface area contributed by atoms with Crippen LogP contribution in [0.4, 0.5) is 0 Å². The van der Waals surface area contributed by atoms with Crippen LogP contribution in [0.25, 0.3) is 126 Å². The number of furan rings is 1. The van der Waals surface area contributed by atoms with Gasteiger partial charge in [0.2, 0.25) is 11.7 Å². The molecule has 0 aliphatic heterocycles. The van der Waals surface area contributed by atoms with E-state index in [0.29, 0.717) is 11.7 Å². The lowest BCUT2D eigenvalue weighted by atomic mass is 10.00. The van der Waals surface area contributed by atoms with E-state index in [4.69, 9.17) is 14.4 Å². The molecule has 0 atom stereocenters. The molecular weight excluding hydrogens is 687 g/mol. The predicted molar refractivity (Wildman–Crippen MR) is 230 cm³/mol. The highest BCUT2D eigenvalue weighted by atomic mass is 16.3. The number of benzene rings is 8. The average molecular weight is 714 g/mol. The van der Waals surface area contributed by atoms with Gasteiger partial charge < -0.3 is 8.82 Å². The fourth-order valence-electron chi connectivity index (χ4n) is 9.99. The molecule has 0 aliphatic carbocycles. The van der Waals surface area contributed by atoms with Crippen LogP contribution in [0, 0.1) is 0 Å². The van der Waals surface area contributed by atoms with Crippen LogP contribution in [0.2, 0.25) is 0 Å². The number of aromatic nitrogens is 5. The molecule has 0 N–H and O–H groups in total. The molecule has 6 heteroatoms. The third kappa shape index (κ3) is 3.39. The van der Waals surface area contributed by atoms with Gasteiger partial charge in [-0.3, -0.25) is 9.13 Å². The first-order valence-electron chi connectivity index (χ1n) is 19.0. The lowest BCUT2D eigenvalue weighted by Gasteiger charge is -2.12. The molecule has 14 aromatic rings. The Bertz CT molecular complexity index is 3960. The number of fused-ring (bicyclic) bond motifs is 18. The molecule has 8 aromatic carbocycles. The largest absolute Gasteiger partial charge is 0.437 e.